The van der Waals surface area contributed by atoms with Crippen LogP contribution < -0.4 is 5.32 Å². The Morgan fingerprint density at radius 2 is 0.597 bits per heavy atom. The highest BCUT2D eigenvalue weighted by Gasteiger charge is 2.18. The minimum absolute atomic E-state index is 0.0561. The molecule has 0 spiro atoms. The molecule has 3 N–H and O–H groups in total. The van der Waals surface area contributed by atoms with E-state index in [1.807, 2.05) is 6.08 Å². The molecular weight excluding hydrogens is 759 g/mol. The van der Waals surface area contributed by atoms with Crippen molar-refractivity contribution in [1.82, 2.24) is 5.32 Å². The van der Waals surface area contributed by atoms with Crippen molar-refractivity contribution in [2.75, 3.05) is 6.61 Å². The van der Waals surface area contributed by atoms with Crippen molar-refractivity contribution in [2.45, 2.75) is 347 Å². The van der Waals surface area contributed by atoms with Crippen molar-refractivity contribution in [3.05, 3.63) is 12.2 Å². The molecule has 0 aliphatic carbocycles. The molecule has 0 aromatic carbocycles. The zero-order valence-electron chi connectivity index (χ0n) is 42.7. The molecule has 0 bridgehead atoms. The lowest BCUT2D eigenvalue weighted by molar-refractivity contribution is -0.123. The highest BCUT2D eigenvalue weighted by atomic mass is 16.3. The molecule has 1 amide bonds. The molecule has 0 saturated carbocycles. The average molecular weight is 875 g/mol. The second kappa shape index (κ2) is 54.5. The van der Waals surface area contributed by atoms with E-state index in [0.717, 1.165) is 25.7 Å². The summed E-state index contributed by atoms with van der Waals surface area (Å²) in [5, 5.41) is 23.2. The van der Waals surface area contributed by atoms with E-state index < -0.39 is 12.1 Å². The SMILES string of the molecule is CCCCCCCCCCCCCCCCCCCCCCCCCCCCCCC/C=C/C(O)C(CO)NC(=O)CCCCCCCCCCCCCCCCCCCCC. The summed E-state index contributed by atoms with van der Waals surface area (Å²) in [6, 6.07) is -0.618. The van der Waals surface area contributed by atoms with Gasteiger partial charge in [0.2, 0.25) is 5.91 Å². The van der Waals surface area contributed by atoms with Crippen molar-refractivity contribution < 1.29 is 15.0 Å². The first-order chi connectivity index (χ1) is 30.7. The standard InChI is InChI=1S/C58H115NO3/c1-3-5-7-9-11-13-15-17-19-21-23-24-25-26-27-28-29-30-31-32-33-34-36-37-39-41-43-45-47-49-51-53-57(61)56(55-60)59-58(62)54-52-50-48-46-44-42-40-38-35-22-20-18-16-14-12-10-8-6-4-2/h51,53,56-57,60-61H,3-50,52,54-55H2,1-2H3,(H,59,62)/b53-51+. The Labute approximate surface area is 390 Å². The molecule has 4 heteroatoms. The number of carbonyl (C=O) groups is 1. The lowest BCUT2D eigenvalue weighted by atomic mass is 10.0. The zero-order chi connectivity index (χ0) is 44.9. The van der Waals surface area contributed by atoms with Crippen LogP contribution in [-0.4, -0.2) is 34.9 Å². The van der Waals surface area contributed by atoms with Gasteiger partial charge in [0, 0.05) is 6.42 Å². The van der Waals surface area contributed by atoms with E-state index in [-0.39, 0.29) is 12.5 Å². The highest BCUT2D eigenvalue weighted by Crippen LogP contribution is 2.18. The summed E-state index contributed by atoms with van der Waals surface area (Å²) in [7, 11) is 0. The number of aliphatic hydroxyl groups is 2. The van der Waals surface area contributed by atoms with Crippen LogP contribution in [-0.2, 0) is 4.79 Å². The van der Waals surface area contributed by atoms with Gasteiger partial charge in [-0.05, 0) is 19.3 Å². The summed E-state index contributed by atoms with van der Waals surface area (Å²) in [6.45, 7) is 4.35. The Morgan fingerprint density at radius 1 is 0.371 bits per heavy atom. The molecule has 0 heterocycles. The van der Waals surface area contributed by atoms with Crippen molar-refractivity contribution in [3.63, 3.8) is 0 Å². The molecule has 0 fully saturated rings. The number of aliphatic hydroxyl groups excluding tert-OH is 2. The third kappa shape index (κ3) is 50.1. The summed E-state index contributed by atoms with van der Waals surface area (Å²) in [4.78, 5) is 12.5. The van der Waals surface area contributed by atoms with Gasteiger partial charge in [-0.15, -0.1) is 0 Å². The second-order valence-electron chi connectivity index (χ2n) is 20.1. The topological polar surface area (TPSA) is 69.6 Å². The van der Waals surface area contributed by atoms with Crippen LogP contribution >= 0.6 is 0 Å². The third-order valence-electron chi connectivity index (χ3n) is 13.8. The molecule has 0 aliphatic rings. The van der Waals surface area contributed by atoms with E-state index in [1.165, 1.54) is 289 Å². The van der Waals surface area contributed by atoms with Gasteiger partial charge in [0.05, 0.1) is 18.8 Å². The van der Waals surface area contributed by atoms with Gasteiger partial charge >= 0.3 is 0 Å². The number of unbranched alkanes of at least 4 members (excludes halogenated alkanes) is 47. The Bertz CT molecular complexity index is 860. The summed E-state index contributed by atoms with van der Waals surface area (Å²) in [5.41, 5.74) is 0. The van der Waals surface area contributed by atoms with Gasteiger partial charge in [-0.1, -0.05) is 321 Å². The van der Waals surface area contributed by atoms with E-state index >= 15 is 0 Å². The van der Waals surface area contributed by atoms with Crippen LogP contribution in [0.25, 0.3) is 0 Å². The van der Waals surface area contributed by atoms with Crippen LogP contribution in [0, 0.1) is 0 Å². The van der Waals surface area contributed by atoms with Gasteiger partial charge in [0.25, 0.3) is 0 Å². The summed E-state index contributed by atoms with van der Waals surface area (Å²) in [6.07, 6.45) is 71.0. The molecule has 0 radical (unpaired) electrons. The van der Waals surface area contributed by atoms with Gasteiger partial charge in [-0.3, -0.25) is 4.79 Å². The number of allylic oxidation sites excluding steroid dienone is 1. The normalized spacial score (nSPS) is 12.8. The minimum atomic E-state index is -0.835. The molecule has 4 nitrogen and oxygen atoms in total. The van der Waals surface area contributed by atoms with Gasteiger partial charge < -0.3 is 15.5 Å². The largest absolute Gasteiger partial charge is 0.394 e. The number of nitrogens with one attached hydrogen (secondary N) is 1. The number of hydrogen-bond donors (Lipinski definition) is 3. The molecule has 2 atom stereocenters. The maximum absolute atomic E-state index is 12.5. The molecule has 0 rings (SSSR count). The number of carbonyl (C=O) groups excluding carboxylic acids is 1. The zero-order valence-corrected chi connectivity index (χ0v) is 42.7. The molecule has 370 valence electrons. The van der Waals surface area contributed by atoms with Crippen LogP contribution in [0.3, 0.4) is 0 Å². The van der Waals surface area contributed by atoms with Gasteiger partial charge in [-0.2, -0.15) is 0 Å². The average Bonchev–Trinajstić information content (AvgIpc) is 3.28. The quantitative estimate of drug-likeness (QED) is 0.0421. The second-order valence-corrected chi connectivity index (χ2v) is 20.1. The molecule has 0 saturated heterocycles. The summed E-state index contributed by atoms with van der Waals surface area (Å²) >= 11 is 0. The Morgan fingerprint density at radius 3 is 0.839 bits per heavy atom. The number of hydrogen-bond acceptors (Lipinski definition) is 3. The molecule has 0 aliphatic heterocycles. The van der Waals surface area contributed by atoms with E-state index in [0.29, 0.717) is 6.42 Å². The first kappa shape index (κ1) is 61.1. The van der Waals surface area contributed by atoms with Crippen molar-refractivity contribution in [3.8, 4) is 0 Å². The maximum atomic E-state index is 12.5. The van der Waals surface area contributed by atoms with Gasteiger partial charge in [-0.25, -0.2) is 0 Å². The van der Waals surface area contributed by atoms with Crippen molar-refractivity contribution in [1.29, 1.82) is 0 Å². The van der Waals surface area contributed by atoms with Crippen LogP contribution in [0.15, 0.2) is 12.2 Å². The van der Waals surface area contributed by atoms with E-state index in [1.54, 1.807) is 6.08 Å². The fourth-order valence-electron chi connectivity index (χ4n) is 9.36. The smallest absolute Gasteiger partial charge is 0.220 e. The molecule has 62 heavy (non-hydrogen) atoms. The van der Waals surface area contributed by atoms with E-state index in [9.17, 15) is 15.0 Å². The van der Waals surface area contributed by atoms with Gasteiger partial charge in [0.15, 0.2) is 0 Å². The molecule has 2 unspecified atom stereocenters. The Kier molecular flexibility index (Phi) is 53.7. The molecular formula is C58H115NO3. The summed E-state index contributed by atoms with van der Waals surface area (Å²) in [5.74, 6) is -0.0561. The lowest BCUT2D eigenvalue weighted by Crippen LogP contribution is -2.45. The molecule has 0 aromatic heterocycles. The fourth-order valence-corrected chi connectivity index (χ4v) is 9.36. The Balaban J connectivity index is 3.42. The van der Waals surface area contributed by atoms with Crippen LogP contribution in [0.2, 0.25) is 0 Å². The van der Waals surface area contributed by atoms with E-state index in [4.69, 9.17) is 0 Å². The molecule has 0 aromatic rings. The number of rotatable bonds is 54. The van der Waals surface area contributed by atoms with Gasteiger partial charge in [0.1, 0.15) is 0 Å². The minimum Gasteiger partial charge on any atom is -0.394 e. The number of amides is 1. The van der Waals surface area contributed by atoms with Crippen LogP contribution in [0.1, 0.15) is 335 Å². The van der Waals surface area contributed by atoms with Crippen LogP contribution in [0.5, 0.6) is 0 Å². The Hall–Kier alpha value is -0.870. The third-order valence-corrected chi connectivity index (χ3v) is 13.8. The van der Waals surface area contributed by atoms with Crippen molar-refractivity contribution in [2.24, 2.45) is 0 Å². The van der Waals surface area contributed by atoms with Crippen molar-refractivity contribution >= 4 is 5.91 Å². The van der Waals surface area contributed by atoms with Crippen LogP contribution in [0.4, 0.5) is 0 Å². The highest BCUT2D eigenvalue weighted by molar-refractivity contribution is 5.76. The predicted molar refractivity (Wildman–Crippen MR) is 276 cm³/mol. The monoisotopic (exact) mass is 874 g/mol. The first-order valence-electron chi connectivity index (χ1n) is 28.9. The fraction of sp³-hybridized carbons (Fsp3) is 0.948. The predicted octanol–water partition coefficient (Wildman–Crippen LogP) is 18.9. The first-order valence-corrected chi connectivity index (χ1v) is 28.9. The van der Waals surface area contributed by atoms with E-state index in [2.05, 4.69) is 19.2 Å². The summed E-state index contributed by atoms with van der Waals surface area (Å²) < 4.78 is 0. The lowest BCUT2D eigenvalue weighted by Gasteiger charge is -2.20. The maximum Gasteiger partial charge on any atom is 0.220 e.